The molecule has 0 saturated heterocycles. The van der Waals surface area contributed by atoms with Crippen molar-refractivity contribution in [3.63, 3.8) is 0 Å². The molecule has 2 aromatic rings. The first kappa shape index (κ1) is 11.8. The van der Waals surface area contributed by atoms with E-state index in [-0.39, 0.29) is 5.92 Å². The zero-order valence-electron chi connectivity index (χ0n) is 10.4. The lowest BCUT2D eigenvalue weighted by Crippen LogP contribution is -2.24. The van der Waals surface area contributed by atoms with Crippen molar-refractivity contribution in [1.29, 1.82) is 0 Å². The number of hydrogen-bond donors (Lipinski definition) is 2. The second-order valence-corrected chi connectivity index (χ2v) is 4.67. The lowest BCUT2D eigenvalue weighted by Gasteiger charge is -2.22. The molecule has 7 heteroatoms. The highest BCUT2D eigenvalue weighted by atomic mass is 16.4. The lowest BCUT2D eigenvalue weighted by molar-refractivity contribution is -0.142. The van der Waals surface area contributed by atoms with Crippen LogP contribution in [0.1, 0.15) is 23.4 Å². The number of aromatic amines is 1. The van der Waals surface area contributed by atoms with Gasteiger partial charge in [0.25, 0.3) is 0 Å². The number of nitrogens with one attached hydrogen (secondary N) is 1. The Kier molecular flexibility index (Phi) is 2.73. The van der Waals surface area contributed by atoms with E-state index in [4.69, 9.17) is 5.11 Å². The van der Waals surface area contributed by atoms with Crippen molar-refractivity contribution in [2.75, 3.05) is 0 Å². The minimum Gasteiger partial charge on any atom is -0.481 e. The summed E-state index contributed by atoms with van der Waals surface area (Å²) in [7, 11) is 0. The van der Waals surface area contributed by atoms with E-state index in [9.17, 15) is 4.79 Å². The van der Waals surface area contributed by atoms with Crippen molar-refractivity contribution in [2.24, 2.45) is 5.92 Å². The van der Waals surface area contributed by atoms with E-state index in [0.717, 1.165) is 17.0 Å². The summed E-state index contributed by atoms with van der Waals surface area (Å²) in [6, 6.07) is 0. The summed E-state index contributed by atoms with van der Waals surface area (Å²) in [4.78, 5) is 24.0. The monoisotopic (exact) mass is 259 g/mol. The Morgan fingerprint density at radius 3 is 3.00 bits per heavy atom. The standard InChI is InChI=1S/C12H13N5O2/c1-6-8-4-7(12(18)19)2-3-9(8)16-11(15-6)10-13-5-14-17-10/h5,7H,2-4H2,1H3,(H,18,19)(H,13,14,17). The zero-order valence-corrected chi connectivity index (χ0v) is 10.4. The molecule has 1 aliphatic carbocycles. The Hall–Kier alpha value is -2.31. The van der Waals surface area contributed by atoms with Crippen LogP contribution in [0.4, 0.5) is 0 Å². The van der Waals surface area contributed by atoms with Gasteiger partial charge in [-0.25, -0.2) is 15.0 Å². The van der Waals surface area contributed by atoms with Crippen molar-refractivity contribution in [1.82, 2.24) is 25.1 Å². The normalized spacial score (nSPS) is 18.1. The molecule has 1 atom stereocenters. The molecule has 0 radical (unpaired) electrons. The maximum atomic E-state index is 11.1. The van der Waals surface area contributed by atoms with Crippen LogP contribution in [0.3, 0.4) is 0 Å². The maximum Gasteiger partial charge on any atom is 0.306 e. The third-order valence-corrected chi connectivity index (χ3v) is 3.46. The number of aliphatic carboxylic acids is 1. The van der Waals surface area contributed by atoms with Gasteiger partial charge in [-0.15, -0.1) is 0 Å². The Bertz CT molecular complexity index is 623. The Morgan fingerprint density at radius 2 is 2.32 bits per heavy atom. The predicted octanol–water partition coefficient (Wildman–Crippen LogP) is 0.760. The van der Waals surface area contributed by atoms with Gasteiger partial charge in [0.1, 0.15) is 6.33 Å². The molecule has 0 bridgehead atoms. The SMILES string of the molecule is Cc1nc(-c2ncn[nH]2)nc2c1CC(C(=O)O)CC2. The van der Waals surface area contributed by atoms with Gasteiger partial charge in [0, 0.05) is 11.4 Å². The molecule has 2 heterocycles. The van der Waals surface area contributed by atoms with Crippen molar-refractivity contribution in [3.8, 4) is 11.6 Å². The molecule has 2 aromatic heterocycles. The summed E-state index contributed by atoms with van der Waals surface area (Å²) in [5.74, 6) is -0.0240. The van der Waals surface area contributed by atoms with Gasteiger partial charge < -0.3 is 5.11 Å². The average Bonchev–Trinajstić information content (AvgIpc) is 2.92. The van der Waals surface area contributed by atoms with Crippen LogP contribution in [-0.4, -0.2) is 36.2 Å². The van der Waals surface area contributed by atoms with Gasteiger partial charge in [-0.1, -0.05) is 0 Å². The van der Waals surface area contributed by atoms with Gasteiger partial charge in [-0.3, -0.25) is 9.89 Å². The number of rotatable bonds is 2. The molecule has 0 aromatic carbocycles. The van der Waals surface area contributed by atoms with Crippen LogP contribution in [0, 0.1) is 12.8 Å². The van der Waals surface area contributed by atoms with E-state index in [1.54, 1.807) is 0 Å². The molecule has 98 valence electrons. The quantitative estimate of drug-likeness (QED) is 0.825. The first-order valence-corrected chi connectivity index (χ1v) is 6.10. The third-order valence-electron chi connectivity index (χ3n) is 3.46. The second-order valence-electron chi connectivity index (χ2n) is 4.67. The van der Waals surface area contributed by atoms with E-state index >= 15 is 0 Å². The molecule has 0 fully saturated rings. The Balaban J connectivity index is 2.00. The minimum atomic E-state index is -0.746. The fourth-order valence-electron chi connectivity index (χ4n) is 2.42. The highest BCUT2D eigenvalue weighted by molar-refractivity contribution is 5.71. The van der Waals surface area contributed by atoms with Crippen molar-refractivity contribution in [2.45, 2.75) is 26.2 Å². The van der Waals surface area contributed by atoms with Crippen molar-refractivity contribution < 1.29 is 9.90 Å². The number of aromatic nitrogens is 5. The average molecular weight is 259 g/mol. The molecule has 1 aliphatic rings. The molecular formula is C12H13N5O2. The number of aryl methyl sites for hydroxylation is 2. The summed E-state index contributed by atoms with van der Waals surface area (Å²) in [5.41, 5.74) is 2.71. The lowest BCUT2D eigenvalue weighted by atomic mass is 9.86. The molecule has 1 unspecified atom stereocenters. The molecule has 0 spiro atoms. The second kappa shape index (κ2) is 4.42. The van der Waals surface area contributed by atoms with E-state index in [0.29, 0.717) is 30.9 Å². The summed E-state index contributed by atoms with van der Waals surface area (Å²) < 4.78 is 0. The van der Waals surface area contributed by atoms with E-state index in [1.165, 1.54) is 6.33 Å². The van der Waals surface area contributed by atoms with Gasteiger partial charge in [0.15, 0.2) is 11.6 Å². The number of hydrogen-bond acceptors (Lipinski definition) is 5. The van der Waals surface area contributed by atoms with Gasteiger partial charge in [0.05, 0.1) is 5.92 Å². The van der Waals surface area contributed by atoms with Crippen molar-refractivity contribution >= 4 is 5.97 Å². The van der Waals surface area contributed by atoms with Crippen LogP contribution in [0.5, 0.6) is 0 Å². The number of carboxylic acid groups (broad SMARTS) is 1. The topological polar surface area (TPSA) is 105 Å². The van der Waals surface area contributed by atoms with Crippen LogP contribution in [0.25, 0.3) is 11.6 Å². The van der Waals surface area contributed by atoms with Gasteiger partial charge in [-0.2, -0.15) is 5.10 Å². The molecule has 19 heavy (non-hydrogen) atoms. The van der Waals surface area contributed by atoms with Crippen LogP contribution >= 0.6 is 0 Å². The van der Waals surface area contributed by atoms with Gasteiger partial charge in [0.2, 0.25) is 0 Å². The summed E-state index contributed by atoms with van der Waals surface area (Å²) in [6.07, 6.45) is 3.20. The molecule has 0 amide bonds. The number of fused-ring (bicyclic) bond motifs is 1. The van der Waals surface area contributed by atoms with Crippen LogP contribution in [0.2, 0.25) is 0 Å². The number of nitrogens with zero attached hydrogens (tertiary/aromatic N) is 4. The molecule has 2 N–H and O–H groups in total. The van der Waals surface area contributed by atoms with E-state index in [1.807, 2.05) is 6.92 Å². The fourth-order valence-corrected chi connectivity index (χ4v) is 2.42. The smallest absolute Gasteiger partial charge is 0.306 e. The molecule has 0 aliphatic heterocycles. The van der Waals surface area contributed by atoms with Gasteiger partial charge in [-0.05, 0) is 31.7 Å². The zero-order chi connectivity index (χ0) is 13.4. The van der Waals surface area contributed by atoms with Crippen molar-refractivity contribution in [3.05, 3.63) is 23.3 Å². The molecule has 3 rings (SSSR count). The maximum absolute atomic E-state index is 11.1. The number of carbonyl (C=O) groups is 1. The minimum absolute atomic E-state index is 0.328. The predicted molar refractivity (Wildman–Crippen MR) is 65.3 cm³/mol. The first-order chi connectivity index (χ1) is 9.15. The molecular weight excluding hydrogens is 246 g/mol. The molecule has 0 saturated carbocycles. The first-order valence-electron chi connectivity index (χ1n) is 6.10. The Morgan fingerprint density at radius 1 is 1.47 bits per heavy atom. The Labute approximate surface area is 109 Å². The summed E-state index contributed by atoms with van der Waals surface area (Å²) in [6.45, 7) is 1.88. The number of carboxylic acids is 1. The summed E-state index contributed by atoms with van der Waals surface area (Å²) in [5, 5.41) is 15.6. The van der Waals surface area contributed by atoms with Crippen LogP contribution < -0.4 is 0 Å². The highest BCUT2D eigenvalue weighted by Gasteiger charge is 2.27. The molecule has 7 nitrogen and oxygen atoms in total. The third kappa shape index (κ3) is 2.07. The highest BCUT2D eigenvalue weighted by Crippen LogP contribution is 2.27. The van der Waals surface area contributed by atoms with Crippen LogP contribution in [0.15, 0.2) is 6.33 Å². The van der Waals surface area contributed by atoms with Gasteiger partial charge >= 0.3 is 5.97 Å². The fraction of sp³-hybridized carbons (Fsp3) is 0.417. The summed E-state index contributed by atoms with van der Waals surface area (Å²) >= 11 is 0. The van der Waals surface area contributed by atoms with E-state index < -0.39 is 5.97 Å². The largest absolute Gasteiger partial charge is 0.481 e. The number of H-pyrrole nitrogens is 1. The van der Waals surface area contributed by atoms with E-state index in [2.05, 4.69) is 25.1 Å². The van der Waals surface area contributed by atoms with Crippen LogP contribution in [-0.2, 0) is 17.6 Å².